The molecule has 3 nitrogen and oxygen atoms in total. The van der Waals surface area contributed by atoms with E-state index >= 15 is 0 Å². The van der Waals surface area contributed by atoms with Gasteiger partial charge in [-0.25, -0.2) is 0 Å². The summed E-state index contributed by atoms with van der Waals surface area (Å²) in [4.78, 5) is 4.98. The normalized spacial score (nSPS) is 14.9. The van der Waals surface area contributed by atoms with E-state index in [9.17, 15) is 0 Å². The molecule has 4 aromatic rings. The number of pyridine rings is 1. The van der Waals surface area contributed by atoms with E-state index in [2.05, 4.69) is 99.0 Å². The summed E-state index contributed by atoms with van der Waals surface area (Å²) >= 11 is 0. The number of fused-ring (bicyclic) bond motifs is 2. The molecule has 4 heteroatoms. The summed E-state index contributed by atoms with van der Waals surface area (Å²) in [6, 6.07) is 22.7. The van der Waals surface area contributed by atoms with Gasteiger partial charge in [0.25, 0.3) is 0 Å². The molecule has 1 unspecified atom stereocenters. The first-order chi connectivity index (χ1) is 16.5. The number of aryl methyl sites for hydroxylation is 5. The minimum atomic E-state index is 0. The Morgan fingerprint density at radius 1 is 0.857 bits per heavy atom. The van der Waals surface area contributed by atoms with Crippen LogP contribution in [0.5, 0.6) is 0 Å². The maximum absolute atomic E-state index is 4.98. The van der Waals surface area contributed by atoms with Crippen molar-refractivity contribution in [2.75, 3.05) is 18.4 Å². The Hall–Kier alpha value is -2.88. The van der Waals surface area contributed by atoms with Crippen LogP contribution in [-0.4, -0.2) is 24.1 Å². The van der Waals surface area contributed by atoms with E-state index in [4.69, 9.17) is 4.98 Å². The Kier molecular flexibility index (Phi) is 7.78. The summed E-state index contributed by atoms with van der Waals surface area (Å²) < 4.78 is 0. The number of nitrogens with zero attached hydrogens (tertiary/aromatic N) is 1. The second-order valence-electron chi connectivity index (χ2n) is 9.88. The third kappa shape index (κ3) is 5.37. The zero-order valence-corrected chi connectivity index (χ0v) is 22.1. The predicted molar refractivity (Wildman–Crippen MR) is 152 cm³/mol. The van der Waals surface area contributed by atoms with Crippen LogP contribution in [-0.2, 0) is 12.8 Å². The SMILES string of the molecule is Cc1cc(C)c(-c2cccc3c(NCCNC4CCc5ccccc5C4)cc(C)nc23)c(C)c1.Cl. The largest absolute Gasteiger partial charge is 0.383 e. The van der Waals surface area contributed by atoms with Crippen molar-refractivity contribution in [2.45, 2.75) is 53.0 Å². The average molecular weight is 486 g/mol. The van der Waals surface area contributed by atoms with E-state index in [1.807, 2.05) is 0 Å². The summed E-state index contributed by atoms with van der Waals surface area (Å²) in [6.45, 7) is 10.5. The molecule has 1 aromatic heterocycles. The number of benzene rings is 3. The molecule has 0 fully saturated rings. The zero-order valence-electron chi connectivity index (χ0n) is 21.2. The first-order valence-electron chi connectivity index (χ1n) is 12.5. The predicted octanol–water partition coefficient (Wildman–Crippen LogP) is 7.12. The molecule has 0 radical (unpaired) electrons. The molecule has 2 N–H and O–H groups in total. The fourth-order valence-corrected chi connectivity index (χ4v) is 5.67. The molecule has 0 aliphatic heterocycles. The Balaban J connectivity index is 0.00000289. The second-order valence-corrected chi connectivity index (χ2v) is 9.88. The Morgan fingerprint density at radius 3 is 2.37 bits per heavy atom. The van der Waals surface area contributed by atoms with Gasteiger partial charge in [-0.15, -0.1) is 12.4 Å². The molecule has 1 atom stereocenters. The standard InChI is InChI=1S/C31H35N3.ClH/c1-20-16-21(2)30(22(3)17-20)28-11-7-10-27-29(18-23(4)34-31(27)28)33-15-14-32-26-13-12-24-8-5-6-9-25(24)19-26;/h5-11,16-18,26,32H,12-15,19H2,1-4H3,(H,33,34);1H. The van der Waals surface area contributed by atoms with Gasteiger partial charge in [-0.3, -0.25) is 4.98 Å². The van der Waals surface area contributed by atoms with Crippen LogP contribution in [0.4, 0.5) is 5.69 Å². The van der Waals surface area contributed by atoms with Crippen molar-refractivity contribution in [2.24, 2.45) is 0 Å². The quantitative estimate of drug-likeness (QED) is 0.285. The summed E-state index contributed by atoms with van der Waals surface area (Å²) in [7, 11) is 0. The highest BCUT2D eigenvalue weighted by molar-refractivity contribution is 6.01. The molecule has 3 aromatic carbocycles. The van der Waals surface area contributed by atoms with Crippen LogP contribution in [0.1, 0.15) is 39.9 Å². The maximum Gasteiger partial charge on any atom is 0.0804 e. The van der Waals surface area contributed by atoms with Gasteiger partial charge in [0.15, 0.2) is 0 Å². The van der Waals surface area contributed by atoms with Gasteiger partial charge >= 0.3 is 0 Å². The molecule has 5 rings (SSSR count). The third-order valence-corrected chi connectivity index (χ3v) is 7.13. The van der Waals surface area contributed by atoms with Crippen LogP contribution >= 0.6 is 12.4 Å². The average Bonchev–Trinajstić information content (AvgIpc) is 2.81. The lowest BCUT2D eigenvalue weighted by Gasteiger charge is -2.25. The monoisotopic (exact) mass is 485 g/mol. The Labute approximate surface area is 215 Å². The maximum atomic E-state index is 4.98. The van der Waals surface area contributed by atoms with Gasteiger partial charge in [-0.1, -0.05) is 60.2 Å². The number of nitrogens with one attached hydrogen (secondary N) is 2. The molecule has 0 saturated heterocycles. The minimum absolute atomic E-state index is 0. The van der Waals surface area contributed by atoms with Crippen molar-refractivity contribution in [1.82, 2.24) is 10.3 Å². The Bertz CT molecular complexity index is 1320. The van der Waals surface area contributed by atoms with Gasteiger partial charge in [0, 0.05) is 41.5 Å². The van der Waals surface area contributed by atoms with Crippen molar-refractivity contribution in [1.29, 1.82) is 0 Å². The van der Waals surface area contributed by atoms with E-state index in [0.717, 1.165) is 30.7 Å². The van der Waals surface area contributed by atoms with Crippen molar-refractivity contribution in [3.05, 3.63) is 94.2 Å². The fourth-order valence-electron chi connectivity index (χ4n) is 5.67. The number of aromatic nitrogens is 1. The molecular formula is C31H36ClN3. The lowest BCUT2D eigenvalue weighted by Crippen LogP contribution is -2.37. The second kappa shape index (κ2) is 10.8. The molecule has 1 heterocycles. The van der Waals surface area contributed by atoms with Crippen molar-refractivity contribution >= 4 is 29.0 Å². The van der Waals surface area contributed by atoms with Crippen LogP contribution < -0.4 is 10.6 Å². The van der Waals surface area contributed by atoms with E-state index in [0.29, 0.717) is 6.04 Å². The van der Waals surface area contributed by atoms with Crippen LogP contribution in [0.25, 0.3) is 22.0 Å². The lowest BCUT2D eigenvalue weighted by atomic mass is 9.88. The smallest absolute Gasteiger partial charge is 0.0804 e. The van der Waals surface area contributed by atoms with Gasteiger partial charge < -0.3 is 10.6 Å². The van der Waals surface area contributed by atoms with E-state index in [-0.39, 0.29) is 12.4 Å². The minimum Gasteiger partial charge on any atom is -0.383 e. The van der Waals surface area contributed by atoms with Crippen LogP contribution in [0.3, 0.4) is 0 Å². The van der Waals surface area contributed by atoms with Crippen LogP contribution in [0.15, 0.2) is 60.7 Å². The molecule has 182 valence electrons. The Morgan fingerprint density at radius 2 is 1.60 bits per heavy atom. The molecule has 0 saturated carbocycles. The fraction of sp³-hybridized carbons (Fsp3) is 0.323. The van der Waals surface area contributed by atoms with E-state index < -0.39 is 0 Å². The topological polar surface area (TPSA) is 37.0 Å². The highest BCUT2D eigenvalue weighted by atomic mass is 35.5. The highest BCUT2D eigenvalue weighted by Gasteiger charge is 2.17. The van der Waals surface area contributed by atoms with Gasteiger partial charge in [0.2, 0.25) is 0 Å². The lowest BCUT2D eigenvalue weighted by molar-refractivity contribution is 0.467. The summed E-state index contributed by atoms with van der Waals surface area (Å²) in [5.74, 6) is 0. The first-order valence-corrected chi connectivity index (χ1v) is 12.5. The van der Waals surface area contributed by atoms with Crippen molar-refractivity contribution < 1.29 is 0 Å². The number of hydrogen-bond acceptors (Lipinski definition) is 3. The molecular weight excluding hydrogens is 450 g/mol. The number of para-hydroxylation sites is 1. The molecule has 0 bridgehead atoms. The van der Waals surface area contributed by atoms with Gasteiger partial charge in [-0.2, -0.15) is 0 Å². The molecule has 35 heavy (non-hydrogen) atoms. The number of hydrogen-bond donors (Lipinski definition) is 2. The van der Waals surface area contributed by atoms with Crippen LogP contribution in [0, 0.1) is 27.7 Å². The van der Waals surface area contributed by atoms with Crippen LogP contribution in [0.2, 0.25) is 0 Å². The van der Waals surface area contributed by atoms with Gasteiger partial charge in [-0.05, 0) is 80.8 Å². The third-order valence-electron chi connectivity index (χ3n) is 7.13. The molecule has 0 spiro atoms. The zero-order chi connectivity index (χ0) is 23.7. The number of anilines is 1. The van der Waals surface area contributed by atoms with Crippen molar-refractivity contribution in [3.63, 3.8) is 0 Å². The molecule has 0 amide bonds. The van der Waals surface area contributed by atoms with Gasteiger partial charge in [0.05, 0.1) is 5.52 Å². The van der Waals surface area contributed by atoms with Crippen molar-refractivity contribution in [3.8, 4) is 11.1 Å². The first kappa shape index (κ1) is 25.2. The number of halogens is 1. The summed E-state index contributed by atoms with van der Waals surface area (Å²) in [5.41, 5.74) is 12.8. The van der Waals surface area contributed by atoms with E-state index in [1.54, 1.807) is 0 Å². The molecule has 1 aliphatic carbocycles. The summed E-state index contributed by atoms with van der Waals surface area (Å²) in [5, 5.41) is 8.67. The van der Waals surface area contributed by atoms with E-state index in [1.165, 1.54) is 62.9 Å². The summed E-state index contributed by atoms with van der Waals surface area (Å²) in [6.07, 6.45) is 3.52. The highest BCUT2D eigenvalue weighted by Crippen LogP contribution is 2.35. The van der Waals surface area contributed by atoms with Gasteiger partial charge in [0.1, 0.15) is 0 Å². The molecule has 1 aliphatic rings. The number of rotatable bonds is 6.